The highest BCUT2D eigenvalue weighted by Crippen LogP contribution is 2.27. The molecule has 4 N–H and O–H groups in total. The molecule has 8 heteroatoms. The predicted octanol–water partition coefficient (Wildman–Crippen LogP) is 1.08. The average molecular weight is 235 g/mol. The van der Waals surface area contributed by atoms with Gasteiger partial charge in [0.25, 0.3) is 0 Å². The van der Waals surface area contributed by atoms with Crippen LogP contribution in [-0.4, -0.2) is 22.2 Å². The molecule has 5 nitrogen and oxygen atoms in total. The molecule has 0 aliphatic rings. The normalized spacial score (nSPS) is 10.2. The van der Waals surface area contributed by atoms with E-state index in [9.17, 15) is 22.8 Å². The van der Waals surface area contributed by atoms with E-state index in [1.54, 1.807) is 0 Å². The zero-order chi connectivity index (χ0) is 12.6. The summed E-state index contributed by atoms with van der Waals surface area (Å²) in [6, 6.07) is 0. The van der Waals surface area contributed by atoms with Crippen molar-refractivity contribution in [3.8, 4) is 0 Å². The number of nitrogen functional groups attached to an aromatic ring is 1. The maximum Gasteiger partial charge on any atom is 0.339 e. The Bertz CT molecular complexity index is 456. The zero-order valence-corrected chi connectivity index (χ0v) is 7.42. The summed E-state index contributed by atoms with van der Waals surface area (Å²) < 4.78 is 38.6. The summed E-state index contributed by atoms with van der Waals surface area (Å²) in [6.07, 6.45) is 0. The molecule has 0 radical (unpaired) electrons. The number of anilines is 1. The summed E-state index contributed by atoms with van der Waals surface area (Å²) in [5.74, 6) is -10.2. The summed E-state index contributed by atoms with van der Waals surface area (Å²) in [6.45, 7) is 0. The van der Waals surface area contributed by atoms with Crippen LogP contribution in [0.1, 0.15) is 20.7 Å². The van der Waals surface area contributed by atoms with Crippen LogP contribution in [0.2, 0.25) is 0 Å². The van der Waals surface area contributed by atoms with Gasteiger partial charge in [0.2, 0.25) is 0 Å². The van der Waals surface area contributed by atoms with Crippen molar-refractivity contribution < 1.29 is 33.0 Å². The number of carbonyl (C=O) groups is 2. The minimum atomic E-state index is -2.13. The Hall–Kier alpha value is -2.25. The van der Waals surface area contributed by atoms with Gasteiger partial charge >= 0.3 is 11.9 Å². The SMILES string of the molecule is Nc1c(F)c(F)c(F)c(C(=O)O)c1C(=O)O. The number of hydrogen-bond acceptors (Lipinski definition) is 3. The number of hydrogen-bond donors (Lipinski definition) is 3. The molecule has 0 heterocycles. The molecule has 0 amide bonds. The maximum absolute atomic E-state index is 13.0. The molecule has 0 aliphatic heterocycles. The van der Waals surface area contributed by atoms with Crippen molar-refractivity contribution in [3.63, 3.8) is 0 Å². The van der Waals surface area contributed by atoms with Gasteiger partial charge in [0.05, 0.1) is 5.69 Å². The fourth-order valence-electron chi connectivity index (χ4n) is 1.10. The van der Waals surface area contributed by atoms with Gasteiger partial charge in [-0.05, 0) is 0 Å². The second-order valence-corrected chi connectivity index (χ2v) is 2.72. The van der Waals surface area contributed by atoms with Crippen LogP contribution in [-0.2, 0) is 0 Å². The summed E-state index contributed by atoms with van der Waals surface area (Å²) in [5.41, 5.74) is 0.780. The molecule has 0 saturated heterocycles. The van der Waals surface area contributed by atoms with E-state index in [1.165, 1.54) is 0 Å². The lowest BCUT2D eigenvalue weighted by Gasteiger charge is -2.08. The predicted molar refractivity (Wildman–Crippen MR) is 44.6 cm³/mol. The third kappa shape index (κ3) is 1.53. The van der Waals surface area contributed by atoms with Gasteiger partial charge in [0.15, 0.2) is 17.5 Å². The van der Waals surface area contributed by atoms with Crippen molar-refractivity contribution in [2.45, 2.75) is 0 Å². The lowest BCUT2D eigenvalue weighted by atomic mass is 10.0. The Morgan fingerprint density at radius 3 is 1.69 bits per heavy atom. The molecular weight excluding hydrogens is 231 g/mol. The highest BCUT2D eigenvalue weighted by atomic mass is 19.2. The molecule has 0 atom stereocenters. The van der Waals surface area contributed by atoms with E-state index in [4.69, 9.17) is 15.9 Å². The van der Waals surface area contributed by atoms with Crippen LogP contribution in [0.15, 0.2) is 0 Å². The number of carboxylic acid groups (broad SMARTS) is 2. The summed E-state index contributed by atoms with van der Waals surface area (Å²) in [4.78, 5) is 21.1. The average Bonchev–Trinajstić information content (AvgIpc) is 2.18. The van der Waals surface area contributed by atoms with Crippen molar-refractivity contribution in [1.82, 2.24) is 0 Å². The highest BCUT2D eigenvalue weighted by Gasteiger charge is 2.30. The van der Waals surface area contributed by atoms with Crippen molar-refractivity contribution in [1.29, 1.82) is 0 Å². The molecule has 0 saturated carbocycles. The molecule has 0 aromatic heterocycles. The van der Waals surface area contributed by atoms with Crippen molar-refractivity contribution in [2.75, 3.05) is 5.73 Å². The first-order valence-corrected chi connectivity index (χ1v) is 3.71. The van der Waals surface area contributed by atoms with Gasteiger partial charge in [-0.3, -0.25) is 0 Å². The summed E-state index contributed by atoms with van der Waals surface area (Å²) in [7, 11) is 0. The third-order valence-electron chi connectivity index (χ3n) is 1.79. The number of aromatic carboxylic acids is 2. The Balaban J connectivity index is 3.83. The molecule has 0 aliphatic carbocycles. The van der Waals surface area contributed by atoms with Gasteiger partial charge in [-0.25, -0.2) is 22.8 Å². The smallest absolute Gasteiger partial charge is 0.339 e. The van der Waals surface area contributed by atoms with Crippen molar-refractivity contribution in [2.24, 2.45) is 0 Å². The Kier molecular flexibility index (Phi) is 2.75. The largest absolute Gasteiger partial charge is 0.478 e. The summed E-state index contributed by atoms with van der Waals surface area (Å²) >= 11 is 0. The van der Waals surface area contributed by atoms with Crippen LogP contribution in [0.3, 0.4) is 0 Å². The van der Waals surface area contributed by atoms with Gasteiger partial charge in [-0.15, -0.1) is 0 Å². The molecular formula is C8H4F3NO4. The number of nitrogens with two attached hydrogens (primary N) is 1. The molecule has 1 rings (SSSR count). The van der Waals surface area contributed by atoms with E-state index in [1.807, 2.05) is 0 Å². The third-order valence-corrected chi connectivity index (χ3v) is 1.79. The molecule has 0 fully saturated rings. The lowest BCUT2D eigenvalue weighted by Crippen LogP contribution is -2.17. The molecule has 1 aromatic rings. The van der Waals surface area contributed by atoms with Crippen LogP contribution in [0.4, 0.5) is 18.9 Å². The van der Waals surface area contributed by atoms with Crippen LogP contribution >= 0.6 is 0 Å². The first-order chi connectivity index (χ1) is 7.29. The molecule has 1 aromatic carbocycles. The zero-order valence-electron chi connectivity index (χ0n) is 7.42. The Labute approximate surface area is 85.9 Å². The topological polar surface area (TPSA) is 101 Å². The standard InChI is InChI=1S/C8H4F3NO4/c9-3-1(7(13)14)2(8(15)16)6(12)5(11)4(3)10/h12H2,(H,13,14)(H,15,16). The molecule has 16 heavy (non-hydrogen) atoms. The van der Waals surface area contributed by atoms with Crippen molar-refractivity contribution in [3.05, 3.63) is 28.6 Å². The number of rotatable bonds is 2. The van der Waals surface area contributed by atoms with Crippen molar-refractivity contribution >= 4 is 17.6 Å². The second kappa shape index (κ2) is 3.72. The van der Waals surface area contributed by atoms with Crippen LogP contribution in [0.5, 0.6) is 0 Å². The monoisotopic (exact) mass is 235 g/mol. The molecule has 0 unspecified atom stereocenters. The van der Waals surface area contributed by atoms with E-state index < -0.39 is 46.2 Å². The Morgan fingerprint density at radius 2 is 1.31 bits per heavy atom. The van der Waals surface area contributed by atoms with Gasteiger partial charge < -0.3 is 15.9 Å². The fraction of sp³-hybridized carbons (Fsp3) is 0. The summed E-state index contributed by atoms with van der Waals surface area (Å²) in [5, 5.41) is 17.0. The lowest BCUT2D eigenvalue weighted by molar-refractivity contribution is 0.0646. The maximum atomic E-state index is 13.0. The van der Waals surface area contributed by atoms with Crippen LogP contribution in [0, 0.1) is 17.5 Å². The van der Waals surface area contributed by atoms with E-state index in [-0.39, 0.29) is 0 Å². The number of halogens is 3. The fourth-order valence-corrected chi connectivity index (χ4v) is 1.10. The van der Waals surface area contributed by atoms with Gasteiger partial charge in [0, 0.05) is 0 Å². The first kappa shape index (κ1) is 11.8. The van der Waals surface area contributed by atoms with Gasteiger partial charge in [-0.1, -0.05) is 0 Å². The van der Waals surface area contributed by atoms with Crippen LogP contribution < -0.4 is 5.73 Å². The van der Waals surface area contributed by atoms with E-state index in [0.717, 1.165) is 0 Å². The number of carboxylic acids is 2. The Morgan fingerprint density at radius 1 is 0.875 bits per heavy atom. The highest BCUT2D eigenvalue weighted by molar-refractivity contribution is 6.05. The van der Waals surface area contributed by atoms with E-state index in [2.05, 4.69) is 0 Å². The quantitative estimate of drug-likeness (QED) is 0.526. The van der Waals surface area contributed by atoms with E-state index in [0.29, 0.717) is 0 Å². The number of benzene rings is 1. The second-order valence-electron chi connectivity index (χ2n) is 2.72. The van der Waals surface area contributed by atoms with Gasteiger partial charge in [-0.2, -0.15) is 0 Å². The minimum Gasteiger partial charge on any atom is -0.478 e. The first-order valence-electron chi connectivity index (χ1n) is 3.71. The van der Waals surface area contributed by atoms with Crippen LogP contribution in [0.25, 0.3) is 0 Å². The molecule has 0 bridgehead atoms. The van der Waals surface area contributed by atoms with E-state index >= 15 is 0 Å². The van der Waals surface area contributed by atoms with Gasteiger partial charge in [0.1, 0.15) is 11.1 Å². The molecule has 86 valence electrons. The minimum absolute atomic E-state index is 1.26. The molecule has 0 spiro atoms.